The van der Waals surface area contributed by atoms with Gasteiger partial charge in [0.25, 0.3) is 0 Å². The average molecular weight is 435 g/mol. The van der Waals surface area contributed by atoms with E-state index in [1.54, 1.807) is 13.2 Å². The van der Waals surface area contributed by atoms with Crippen molar-refractivity contribution >= 4 is 11.6 Å². The molecule has 0 saturated carbocycles. The Morgan fingerprint density at radius 3 is 2.35 bits per heavy atom. The van der Waals surface area contributed by atoms with E-state index in [1.807, 2.05) is 47.9 Å². The summed E-state index contributed by atoms with van der Waals surface area (Å²) < 4.78 is 44.3. The lowest BCUT2D eigenvalue weighted by atomic mass is 10.1. The Bertz CT molecular complexity index is 896. The predicted octanol–water partition coefficient (Wildman–Crippen LogP) is 4.10. The summed E-state index contributed by atoms with van der Waals surface area (Å²) in [6.07, 6.45) is -4.36. The summed E-state index contributed by atoms with van der Waals surface area (Å²) in [5.74, 6) is 0.628. The molecule has 1 saturated heterocycles. The zero-order valence-electron chi connectivity index (χ0n) is 17.9. The Morgan fingerprint density at radius 2 is 1.71 bits per heavy atom. The first-order valence-electron chi connectivity index (χ1n) is 10.3. The zero-order chi connectivity index (χ0) is 22.6. The van der Waals surface area contributed by atoms with E-state index in [-0.39, 0.29) is 18.0 Å². The van der Waals surface area contributed by atoms with Crippen molar-refractivity contribution in [3.05, 3.63) is 59.7 Å². The van der Waals surface area contributed by atoms with Crippen molar-refractivity contribution < 1.29 is 22.7 Å². The Hall–Kier alpha value is -2.74. The largest absolute Gasteiger partial charge is 0.496 e. The number of carbonyl (C=O) groups excluding carboxylic acids is 1. The maximum absolute atomic E-state index is 13.0. The Balaban J connectivity index is 1.57. The highest BCUT2D eigenvalue weighted by Crippen LogP contribution is 2.32. The summed E-state index contributed by atoms with van der Waals surface area (Å²) in [5, 5.41) is 3.04. The average Bonchev–Trinajstić information content (AvgIpc) is 2.78. The van der Waals surface area contributed by atoms with E-state index in [1.165, 1.54) is 12.1 Å². The summed E-state index contributed by atoms with van der Waals surface area (Å²) in [6, 6.07) is 12.4. The second-order valence-corrected chi connectivity index (χ2v) is 7.72. The van der Waals surface area contributed by atoms with Gasteiger partial charge in [0.15, 0.2) is 0 Å². The second kappa shape index (κ2) is 9.60. The number of ether oxygens (including phenoxy) is 1. The van der Waals surface area contributed by atoms with Crippen molar-refractivity contribution in [3.8, 4) is 5.75 Å². The van der Waals surface area contributed by atoms with E-state index in [4.69, 9.17) is 4.74 Å². The highest BCUT2D eigenvalue weighted by molar-refractivity contribution is 5.81. The van der Waals surface area contributed by atoms with Crippen molar-refractivity contribution in [1.82, 2.24) is 10.2 Å². The Morgan fingerprint density at radius 1 is 1.03 bits per heavy atom. The maximum Gasteiger partial charge on any atom is 0.416 e. The van der Waals surface area contributed by atoms with Gasteiger partial charge in [-0.1, -0.05) is 24.3 Å². The number of carbonyl (C=O) groups is 1. The minimum atomic E-state index is -4.36. The van der Waals surface area contributed by atoms with Crippen LogP contribution in [0.25, 0.3) is 0 Å². The lowest BCUT2D eigenvalue weighted by Gasteiger charge is -2.39. The number of nitrogens with one attached hydrogen (secondary N) is 1. The van der Waals surface area contributed by atoms with Gasteiger partial charge in [0.1, 0.15) is 5.75 Å². The molecular weight excluding hydrogens is 407 g/mol. The molecule has 0 aromatic heterocycles. The molecule has 1 fully saturated rings. The molecule has 1 amide bonds. The van der Waals surface area contributed by atoms with Gasteiger partial charge in [-0.25, -0.2) is 0 Å². The first-order valence-corrected chi connectivity index (χ1v) is 10.3. The summed E-state index contributed by atoms with van der Waals surface area (Å²) in [7, 11) is 1.60. The van der Waals surface area contributed by atoms with E-state index < -0.39 is 11.7 Å². The molecule has 3 rings (SSSR count). The van der Waals surface area contributed by atoms with Crippen molar-refractivity contribution in [2.24, 2.45) is 0 Å². The quantitative estimate of drug-likeness (QED) is 0.742. The number of hydrogen-bond donors (Lipinski definition) is 1. The lowest BCUT2D eigenvalue weighted by molar-refractivity contribution is -0.137. The number of rotatable bonds is 6. The summed E-state index contributed by atoms with van der Waals surface area (Å²) in [6.45, 7) is 6.06. The number of anilines is 1. The third-order valence-corrected chi connectivity index (χ3v) is 5.74. The predicted molar refractivity (Wildman–Crippen MR) is 114 cm³/mol. The van der Waals surface area contributed by atoms with E-state index in [0.717, 1.165) is 17.4 Å². The molecule has 1 N–H and O–H groups in total. The van der Waals surface area contributed by atoms with Crippen LogP contribution in [0.1, 0.15) is 31.0 Å². The maximum atomic E-state index is 13.0. The van der Waals surface area contributed by atoms with Gasteiger partial charge in [-0.3, -0.25) is 9.69 Å². The molecule has 0 aliphatic carbocycles. The fraction of sp³-hybridized carbons (Fsp3) is 0.435. The van der Waals surface area contributed by atoms with E-state index in [0.29, 0.717) is 31.9 Å². The molecule has 1 aliphatic heterocycles. The van der Waals surface area contributed by atoms with Crippen LogP contribution in [0.5, 0.6) is 5.75 Å². The molecule has 2 aromatic carbocycles. The first-order chi connectivity index (χ1) is 14.7. The fourth-order valence-electron chi connectivity index (χ4n) is 3.85. The zero-order valence-corrected chi connectivity index (χ0v) is 17.9. The van der Waals surface area contributed by atoms with Gasteiger partial charge in [-0.15, -0.1) is 0 Å². The molecule has 0 bridgehead atoms. The molecule has 168 valence electrons. The second-order valence-electron chi connectivity index (χ2n) is 7.72. The van der Waals surface area contributed by atoms with Gasteiger partial charge in [0, 0.05) is 37.4 Å². The highest BCUT2D eigenvalue weighted by atomic mass is 19.4. The van der Waals surface area contributed by atoms with Crippen LogP contribution in [0.15, 0.2) is 48.5 Å². The van der Waals surface area contributed by atoms with Crippen LogP contribution in [-0.2, 0) is 11.0 Å². The number of nitrogens with zero attached hydrogens (tertiary/aromatic N) is 2. The van der Waals surface area contributed by atoms with Gasteiger partial charge in [0.2, 0.25) is 5.91 Å². The molecule has 2 aromatic rings. The van der Waals surface area contributed by atoms with Gasteiger partial charge in [0.05, 0.1) is 24.8 Å². The molecular formula is C23H28F3N3O2. The molecule has 8 heteroatoms. The number of para-hydroxylation sites is 1. The molecule has 1 heterocycles. The Labute approximate surface area is 180 Å². The molecule has 5 nitrogen and oxygen atoms in total. The minimum absolute atomic E-state index is 0.0917. The summed E-state index contributed by atoms with van der Waals surface area (Å²) in [4.78, 5) is 16.8. The Kier molecular flexibility index (Phi) is 7.10. The highest BCUT2D eigenvalue weighted by Gasteiger charge is 2.32. The van der Waals surface area contributed by atoms with Gasteiger partial charge in [-0.05, 0) is 38.1 Å². The van der Waals surface area contributed by atoms with Crippen LogP contribution in [0.2, 0.25) is 0 Å². The van der Waals surface area contributed by atoms with Gasteiger partial charge in [-0.2, -0.15) is 13.2 Å². The van der Waals surface area contributed by atoms with Crippen LogP contribution in [0.3, 0.4) is 0 Å². The standard InChI is InChI=1S/C23H28F3N3O2/c1-16(20-9-4-5-10-21(20)31-3)27-22(30)17(2)28-11-13-29(14-12-28)19-8-6-7-18(15-19)23(24,25)26/h4-10,15-17H,11-14H2,1-3H3,(H,27,30). The van der Waals surface area contributed by atoms with E-state index >= 15 is 0 Å². The number of halogens is 3. The van der Waals surface area contributed by atoms with Crippen LogP contribution in [0, 0.1) is 0 Å². The SMILES string of the molecule is COc1ccccc1C(C)NC(=O)C(C)N1CCN(c2cccc(C(F)(F)F)c2)CC1. The monoisotopic (exact) mass is 435 g/mol. The number of hydrogen-bond acceptors (Lipinski definition) is 4. The molecule has 31 heavy (non-hydrogen) atoms. The molecule has 2 atom stereocenters. The number of alkyl halides is 3. The van der Waals surface area contributed by atoms with Crippen LogP contribution < -0.4 is 15.0 Å². The molecule has 1 aliphatic rings. The minimum Gasteiger partial charge on any atom is -0.496 e. The number of methoxy groups -OCH3 is 1. The van der Waals surface area contributed by atoms with Crippen molar-refractivity contribution in [2.75, 3.05) is 38.2 Å². The lowest BCUT2D eigenvalue weighted by Crippen LogP contribution is -2.54. The summed E-state index contributed by atoms with van der Waals surface area (Å²) >= 11 is 0. The normalized spacial score (nSPS) is 17.2. The van der Waals surface area contributed by atoms with Crippen molar-refractivity contribution in [3.63, 3.8) is 0 Å². The van der Waals surface area contributed by atoms with Crippen LogP contribution >= 0.6 is 0 Å². The number of amides is 1. The van der Waals surface area contributed by atoms with E-state index in [2.05, 4.69) is 5.32 Å². The smallest absolute Gasteiger partial charge is 0.416 e. The molecule has 0 spiro atoms. The van der Waals surface area contributed by atoms with E-state index in [9.17, 15) is 18.0 Å². The number of benzene rings is 2. The third kappa shape index (κ3) is 5.50. The third-order valence-electron chi connectivity index (χ3n) is 5.74. The van der Waals surface area contributed by atoms with Crippen molar-refractivity contribution in [1.29, 1.82) is 0 Å². The van der Waals surface area contributed by atoms with Gasteiger partial charge < -0.3 is 15.0 Å². The topological polar surface area (TPSA) is 44.8 Å². The number of piperazine rings is 1. The first kappa shape index (κ1) is 22.9. The van der Waals surface area contributed by atoms with Gasteiger partial charge >= 0.3 is 6.18 Å². The molecule has 2 unspecified atom stereocenters. The fourth-order valence-corrected chi connectivity index (χ4v) is 3.85. The van der Waals surface area contributed by atoms with Crippen molar-refractivity contribution in [2.45, 2.75) is 32.1 Å². The summed E-state index contributed by atoms with van der Waals surface area (Å²) in [5.41, 5.74) is 0.807. The van der Waals surface area contributed by atoms with Crippen LogP contribution in [-0.4, -0.2) is 50.1 Å². The molecule has 0 radical (unpaired) electrons. The van der Waals surface area contributed by atoms with Crippen LogP contribution in [0.4, 0.5) is 18.9 Å².